The van der Waals surface area contributed by atoms with Gasteiger partial charge in [0.15, 0.2) is 5.96 Å². The molecule has 2 saturated heterocycles. The number of nitrogens with two attached hydrogens (primary N) is 1. The van der Waals surface area contributed by atoms with Gasteiger partial charge in [0.1, 0.15) is 0 Å². The zero-order valence-corrected chi connectivity index (χ0v) is 13.6. The van der Waals surface area contributed by atoms with E-state index in [1.165, 1.54) is 11.5 Å². The van der Waals surface area contributed by atoms with E-state index < -0.39 is 0 Å². The van der Waals surface area contributed by atoms with Crippen molar-refractivity contribution in [2.75, 3.05) is 50.8 Å². The average molecular weight is 300 g/mol. The van der Waals surface area contributed by atoms with Gasteiger partial charge >= 0.3 is 0 Å². The van der Waals surface area contributed by atoms with E-state index in [4.69, 9.17) is 10.5 Å². The van der Waals surface area contributed by atoms with Crippen LogP contribution < -0.4 is 5.73 Å². The molecule has 0 aromatic rings. The standard InChI is InChI=1S/C14H28N4OS/c1-12-10-17(11-13(2)19-12)5-3-4-16-14(15)18-6-8-20-9-7-18/h12-13H,3-11H2,1-2H3,(H2,15,16). The minimum atomic E-state index is 0.346. The number of ether oxygens (including phenoxy) is 1. The van der Waals surface area contributed by atoms with Crippen molar-refractivity contribution in [1.29, 1.82) is 0 Å². The van der Waals surface area contributed by atoms with Gasteiger partial charge in [-0.3, -0.25) is 9.89 Å². The molecule has 5 nitrogen and oxygen atoms in total. The first-order chi connectivity index (χ1) is 9.65. The van der Waals surface area contributed by atoms with E-state index in [9.17, 15) is 0 Å². The van der Waals surface area contributed by atoms with E-state index >= 15 is 0 Å². The lowest BCUT2D eigenvalue weighted by Crippen LogP contribution is -2.45. The average Bonchev–Trinajstić information content (AvgIpc) is 2.43. The Kier molecular flexibility index (Phi) is 6.45. The molecule has 0 spiro atoms. The zero-order valence-electron chi connectivity index (χ0n) is 12.8. The van der Waals surface area contributed by atoms with Gasteiger partial charge in [-0.25, -0.2) is 0 Å². The Hall–Kier alpha value is -0.460. The Morgan fingerprint density at radius 1 is 1.25 bits per heavy atom. The van der Waals surface area contributed by atoms with Crippen molar-refractivity contribution in [3.63, 3.8) is 0 Å². The molecule has 116 valence electrons. The topological polar surface area (TPSA) is 54.1 Å². The predicted octanol–water partition coefficient (Wildman–Crippen LogP) is 0.849. The lowest BCUT2D eigenvalue weighted by Gasteiger charge is -2.35. The van der Waals surface area contributed by atoms with Gasteiger partial charge < -0.3 is 15.4 Å². The molecule has 2 unspecified atom stereocenters. The number of rotatable bonds is 4. The van der Waals surface area contributed by atoms with Crippen LogP contribution in [0.15, 0.2) is 4.99 Å². The molecule has 2 aliphatic rings. The SMILES string of the molecule is CC1CN(CCCN=C(N)N2CCSCC2)CC(C)O1. The van der Waals surface area contributed by atoms with Crippen molar-refractivity contribution in [1.82, 2.24) is 9.80 Å². The predicted molar refractivity (Wildman–Crippen MR) is 86.5 cm³/mol. The maximum absolute atomic E-state index is 6.04. The van der Waals surface area contributed by atoms with Crippen LogP contribution in [0.3, 0.4) is 0 Å². The van der Waals surface area contributed by atoms with Gasteiger partial charge in [-0.15, -0.1) is 0 Å². The second-order valence-corrected chi connectivity index (χ2v) is 6.93. The van der Waals surface area contributed by atoms with Crippen molar-refractivity contribution in [2.45, 2.75) is 32.5 Å². The highest BCUT2D eigenvalue weighted by molar-refractivity contribution is 7.99. The lowest BCUT2D eigenvalue weighted by atomic mass is 10.2. The highest BCUT2D eigenvalue weighted by atomic mass is 32.2. The maximum atomic E-state index is 6.04. The second-order valence-electron chi connectivity index (χ2n) is 5.71. The van der Waals surface area contributed by atoms with E-state index in [0.717, 1.165) is 51.6 Å². The summed E-state index contributed by atoms with van der Waals surface area (Å²) in [4.78, 5) is 9.20. The summed E-state index contributed by atoms with van der Waals surface area (Å²) in [5.74, 6) is 3.06. The number of thioether (sulfide) groups is 1. The van der Waals surface area contributed by atoms with Gasteiger partial charge in [-0.2, -0.15) is 11.8 Å². The molecule has 0 aromatic heterocycles. The molecule has 0 saturated carbocycles. The van der Waals surface area contributed by atoms with Crippen LogP contribution in [0.25, 0.3) is 0 Å². The molecule has 2 aliphatic heterocycles. The largest absolute Gasteiger partial charge is 0.373 e. The first-order valence-electron chi connectivity index (χ1n) is 7.65. The maximum Gasteiger partial charge on any atom is 0.191 e. The molecule has 0 amide bonds. The Bertz CT molecular complexity index is 310. The highest BCUT2D eigenvalue weighted by Crippen LogP contribution is 2.11. The normalized spacial score (nSPS) is 29.7. The summed E-state index contributed by atoms with van der Waals surface area (Å²) in [6.07, 6.45) is 1.76. The molecule has 2 fully saturated rings. The number of aliphatic imine (C=N–C) groups is 1. The number of morpholine rings is 1. The van der Waals surface area contributed by atoms with E-state index in [-0.39, 0.29) is 0 Å². The summed E-state index contributed by atoms with van der Waals surface area (Å²) in [5, 5.41) is 0. The van der Waals surface area contributed by atoms with Crippen molar-refractivity contribution in [3.05, 3.63) is 0 Å². The molecule has 2 N–H and O–H groups in total. The number of hydrogen-bond acceptors (Lipinski definition) is 4. The fraction of sp³-hybridized carbons (Fsp3) is 0.929. The van der Waals surface area contributed by atoms with Crippen LogP contribution in [0.1, 0.15) is 20.3 Å². The van der Waals surface area contributed by atoms with Gasteiger partial charge in [-0.05, 0) is 20.3 Å². The summed E-state index contributed by atoms with van der Waals surface area (Å²) < 4.78 is 5.74. The Balaban J connectivity index is 1.65. The van der Waals surface area contributed by atoms with Gasteiger partial charge in [0, 0.05) is 50.8 Å². The van der Waals surface area contributed by atoms with Crippen LogP contribution >= 0.6 is 11.8 Å². The molecule has 0 bridgehead atoms. The molecule has 20 heavy (non-hydrogen) atoms. The summed E-state index contributed by atoms with van der Waals surface area (Å²) in [6.45, 7) is 10.4. The lowest BCUT2D eigenvalue weighted by molar-refractivity contribution is -0.0679. The van der Waals surface area contributed by atoms with Crippen LogP contribution in [0.4, 0.5) is 0 Å². The summed E-state index contributed by atoms with van der Waals surface area (Å²) in [5.41, 5.74) is 6.04. The van der Waals surface area contributed by atoms with E-state index in [1.54, 1.807) is 0 Å². The molecular weight excluding hydrogens is 272 g/mol. The van der Waals surface area contributed by atoms with Crippen LogP contribution in [0.5, 0.6) is 0 Å². The fourth-order valence-corrected chi connectivity index (χ4v) is 3.75. The van der Waals surface area contributed by atoms with Crippen molar-refractivity contribution >= 4 is 17.7 Å². The molecule has 2 rings (SSSR count). The molecule has 2 heterocycles. The first-order valence-corrected chi connectivity index (χ1v) is 8.81. The smallest absolute Gasteiger partial charge is 0.191 e. The minimum Gasteiger partial charge on any atom is -0.373 e. The molecular formula is C14H28N4OS. The van der Waals surface area contributed by atoms with Gasteiger partial charge in [0.05, 0.1) is 12.2 Å². The van der Waals surface area contributed by atoms with Gasteiger partial charge in [0.25, 0.3) is 0 Å². The summed E-state index contributed by atoms with van der Waals surface area (Å²) in [6, 6.07) is 0. The zero-order chi connectivity index (χ0) is 14.4. The van der Waals surface area contributed by atoms with Crippen molar-refractivity contribution in [3.8, 4) is 0 Å². The highest BCUT2D eigenvalue weighted by Gasteiger charge is 2.21. The second kappa shape index (κ2) is 8.10. The fourth-order valence-electron chi connectivity index (χ4n) is 2.85. The van der Waals surface area contributed by atoms with E-state index in [0.29, 0.717) is 12.2 Å². The number of guanidine groups is 1. The number of nitrogens with zero attached hydrogens (tertiary/aromatic N) is 3. The monoisotopic (exact) mass is 300 g/mol. The first kappa shape index (κ1) is 15.9. The van der Waals surface area contributed by atoms with E-state index in [2.05, 4.69) is 28.6 Å². The Morgan fingerprint density at radius 2 is 1.90 bits per heavy atom. The summed E-state index contributed by atoms with van der Waals surface area (Å²) in [7, 11) is 0. The van der Waals surface area contributed by atoms with Gasteiger partial charge in [-0.1, -0.05) is 0 Å². The van der Waals surface area contributed by atoms with Gasteiger partial charge in [0.2, 0.25) is 0 Å². The third-order valence-electron chi connectivity index (χ3n) is 3.74. The van der Waals surface area contributed by atoms with E-state index in [1.807, 2.05) is 11.8 Å². The van der Waals surface area contributed by atoms with Crippen LogP contribution in [-0.4, -0.2) is 78.7 Å². The molecule has 0 aliphatic carbocycles. The molecule has 0 aromatic carbocycles. The van der Waals surface area contributed by atoms with Crippen LogP contribution in [0.2, 0.25) is 0 Å². The van der Waals surface area contributed by atoms with Crippen molar-refractivity contribution < 1.29 is 4.74 Å². The molecule has 2 atom stereocenters. The third-order valence-corrected chi connectivity index (χ3v) is 4.68. The quantitative estimate of drug-likeness (QED) is 0.474. The Labute approximate surface area is 126 Å². The molecule has 0 radical (unpaired) electrons. The minimum absolute atomic E-state index is 0.346. The molecule has 6 heteroatoms. The van der Waals surface area contributed by atoms with Crippen LogP contribution in [-0.2, 0) is 4.74 Å². The van der Waals surface area contributed by atoms with Crippen molar-refractivity contribution in [2.24, 2.45) is 10.7 Å². The number of hydrogen-bond donors (Lipinski definition) is 1. The summed E-state index contributed by atoms with van der Waals surface area (Å²) >= 11 is 1.99. The Morgan fingerprint density at radius 3 is 2.55 bits per heavy atom. The third kappa shape index (κ3) is 5.14. The van der Waals surface area contributed by atoms with Crippen LogP contribution in [0, 0.1) is 0 Å².